The van der Waals surface area contributed by atoms with Crippen LogP contribution < -0.4 is 5.32 Å². The van der Waals surface area contributed by atoms with Gasteiger partial charge in [0.05, 0.1) is 17.4 Å². The van der Waals surface area contributed by atoms with Crippen molar-refractivity contribution in [1.29, 1.82) is 0 Å². The number of hydrogen-bond acceptors (Lipinski definition) is 3. The summed E-state index contributed by atoms with van der Waals surface area (Å²) >= 11 is 0. The third-order valence-corrected chi connectivity index (χ3v) is 6.41. The van der Waals surface area contributed by atoms with E-state index in [1.807, 2.05) is 18.2 Å². The topological polar surface area (TPSA) is 63.2 Å². The summed E-state index contributed by atoms with van der Waals surface area (Å²) in [5.74, 6) is 0.533. The first kappa shape index (κ1) is 14.6. The van der Waals surface area contributed by atoms with Gasteiger partial charge in [-0.2, -0.15) is 0 Å². The van der Waals surface area contributed by atoms with Gasteiger partial charge in [0.15, 0.2) is 9.84 Å². The van der Waals surface area contributed by atoms with Crippen molar-refractivity contribution < 1.29 is 13.2 Å². The Kier molecular flexibility index (Phi) is 4.02. The molecular weight excluding hydrogens is 286 g/mol. The van der Waals surface area contributed by atoms with Crippen LogP contribution in [-0.2, 0) is 21.1 Å². The maximum absolute atomic E-state index is 12.4. The first-order valence-electron chi connectivity index (χ1n) is 7.61. The van der Waals surface area contributed by atoms with Gasteiger partial charge >= 0.3 is 0 Å². The summed E-state index contributed by atoms with van der Waals surface area (Å²) in [4.78, 5) is 12.4. The molecule has 0 aromatic heterocycles. The van der Waals surface area contributed by atoms with Gasteiger partial charge in [-0.25, -0.2) is 8.42 Å². The average molecular weight is 307 g/mol. The lowest BCUT2D eigenvalue weighted by atomic mass is 9.82. The minimum Gasteiger partial charge on any atom is -0.355 e. The molecule has 1 aromatic rings. The highest BCUT2D eigenvalue weighted by atomic mass is 32.2. The van der Waals surface area contributed by atoms with Gasteiger partial charge in [-0.1, -0.05) is 24.3 Å². The maximum atomic E-state index is 12.4. The molecule has 5 heteroatoms. The summed E-state index contributed by atoms with van der Waals surface area (Å²) in [5, 5.41) is 2.97. The van der Waals surface area contributed by atoms with Crippen LogP contribution in [-0.4, -0.2) is 32.4 Å². The molecule has 0 saturated carbocycles. The number of rotatable bonds is 3. The van der Waals surface area contributed by atoms with E-state index in [9.17, 15) is 13.2 Å². The average Bonchev–Trinajstić information content (AvgIpc) is 2.83. The lowest BCUT2D eigenvalue weighted by Crippen LogP contribution is -2.35. The molecular formula is C16H21NO3S. The number of amides is 1. The van der Waals surface area contributed by atoms with E-state index in [0.717, 1.165) is 24.8 Å². The molecule has 2 atom stereocenters. The Morgan fingerprint density at radius 3 is 2.81 bits per heavy atom. The van der Waals surface area contributed by atoms with Gasteiger partial charge in [0.2, 0.25) is 5.91 Å². The van der Waals surface area contributed by atoms with Crippen molar-refractivity contribution in [3.63, 3.8) is 0 Å². The second-order valence-electron chi connectivity index (χ2n) is 6.16. The van der Waals surface area contributed by atoms with Crippen LogP contribution in [0.25, 0.3) is 0 Å². The normalized spacial score (nSPS) is 27.0. The molecule has 4 nitrogen and oxygen atoms in total. The van der Waals surface area contributed by atoms with Gasteiger partial charge in [0, 0.05) is 6.54 Å². The molecule has 1 N–H and O–H groups in total. The zero-order valence-electron chi connectivity index (χ0n) is 12.0. The van der Waals surface area contributed by atoms with E-state index in [4.69, 9.17) is 0 Å². The molecule has 21 heavy (non-hydrogen) atoms. The predicted molar refractivity (Wildman–Crippen MR) is 81.9 cm³/mol. The fourth-order valence-corrected chi connectivity index (χ4v) is 5.29. The van der Waals surface area contributed by atoms with E-state index in [1.165, 1.54) is 5.56 Å². The number of nitrogens with one attached hydrogen (secondary N) is 1. The first-order chi connectivity index (χ1) is 10.1. The van der Waals surface area contributed by atoms with Crippen LogP contribution in [0.1, 0.15) is 36.3 Å². The van der Waals surface area contributed by atoms with Crippen LogP contribution in [0.5, 0.6) is 0 Å². The number of benzene rings is 1. The van der Waals surface area contributed by atoms with Crippen LogP contribution in [0.2, 0.25) is 0 Å². The highest BCUT2D eigenvalue weighted by Gasteiger charge is 2.30. The lowest BCUT2D eigenvalue weighted by molar-refractivity contribution is -0.123. The van der Waals surface area contributed by atoms with E-state index in [0.29, 0.717) is 13.0 Å². The van der Waals surface area contributed by atoms with Gasteiger partial charge in [-0.15, -0.1) is 0 Å². The fraction of sp³-hybridized carbons (Fsp3) is 0.562. The Labute approximate surface area is 125 Å². The SMILES string of the molecule is O=C(NCC1CCS(=O)(=O)C1)C1CCCc2ccccc21. The Morgan fingerprint density at radius 1 is 1.24 bits per heavy atom. The fourth-order valence-electron chi connectivity index (χ4n) is 3.43. The van der Waals surface area contributed by atoms with Crippen molar-refractivity contribution in [2.24, 2.45) is 5.92 Å². The van der Waals surface area contributed by atoms with Crippen LogP contribution in [0.3, 0.4) is 0 Å². The van der Waals surface area contributed by atoms with Crippen molar-refractivity contribution in [3.05, 3.63) is 35.4 Å². The number of hydrogen-bond donors (Lipinski definition) is 1. The Hall–Kier alpha value is -1.36. The van der Waals surface area contributed by atoms with Crippen molar-refractivity contribution in [2.45, 2.75) is 31.6 Å². The van der Waals surface area contributed by atoms with Gasteiger partial charge in [-0.3, -0.25) is 4.79 Å². The summed E-state index contributed by atoms with van der Waals surface area (Å²) in [7, 11) is -2.87. The van der Waals surface area contributed by atoms with Crippen molar-refractivity contribution in [3.8, 4) is 0 Å². The summed E-state index contributed by atoms with van der Waals surface area (Å²) in [6, 6.07) is 8.13. The standard InChI is InChI=1S/C16H21NO3S/c18-16(17-10-12-8-9-21(19,20)11-12)15-7-3-5-13-4-1-2-6-14(13)15/h1-2,4,6,12,15H,3,5,7-11H2,(H,17,18). The van der Waals surface area contributed by atoms with Crippen LogP contribution in [0.4, 0.5) is 0 Å². The smallest absolute Gasteiger partial charge is 0.227 e. The number of fused-ring (bicyclic) bond motifs is 1. The Morgan fingerprint density at radius 2 is 2.05 bits per heavy atom. The third kappa shape index (κ3) is 3.28. The van der Waals surface area contributed by atoms with Crippen LogP contribution in [0.15, 0.2) is 24.3 Å². The first-order valence-corrected chi connectivity index (χ1v) is 9.43. The van der Waals surface area contributed by atoms with E-state index in [1.54, 1.807) is 0 Å². The number of carbonyl (C=O) groups is 1. The molecule has 2 aliphatic rings. The Balaban J connectivity index is 1.62. The predicted octanol–water partition coefficient (Wildman–Crippen LogP) is 1.66. The summed E-state index contributed by atoms with van der Waals surface area (Å²) in [5.41, 5.74) is 2.41. The summed E-state index contributed by atoms with van der Waals surface area (Å²) in [6.07, 6.45) is 3.63. The lowest BCUT2D eigenvalue weighted by Gasteiger charge is -2.25. The molecule has 3 rings (SSSR count). The van der Waals surface area contributed by atoms with E-state index >= 15 is 0 Å². The molecule has 0 spiro atoms. The molecule has 1 aliphatic carbocycles. The number of aryl methyl sites for hydroxylation is 1. The molecule has 1 saturated heterocycles. The third-order valence-electron chi connectivity index (χ3n) is 4.58. The minimum absolute atomic E-state index is 0.0476. The molecule has 1 aromatic carbocycles. The maximum Gasteiger partial charge on any atom is 0.227 e. The van der Waals surface area contributed by atoms with E-state index in [-0.39, 0.29) is 29.2 Å². The van der Waals surface area contributed by atoms with Crippen molar-refractivity contribution in [1.82, 2.24) is 5.32 Å². The summed E-state index contributed by atoms with van der Waals surface area (Å²) in [6.45, 7) is 0.483. The largest absolute Gasteiger partial charge is 0.355 e. The molecule has 1 fully saturated rings. The second kappa shape index (κ2) is 5.79. The summed E-state index contributed by atoms with van der Waals surface area (Å²) < 4.78 is 22.9. The highest BCUT2D eigenvalue weighted by molar-refractivity contribution is 7.91. The van der Waals surface area contributed by atoms with E-state index < -0.39 is 9.84 Å². The molecule has 1 heterocycles. The minimum atomic E-state index is -2.87. The molecule has 0 bridgehead atoms. The number of sulfone groups is 1. The van der Waals surface area contributed by atoms with Crippen LogP contribution in [0, 0.1) is 5.92 Å². The molecule has 1 aliphatic heterocycles. The molecule has 1 amide bonds. The van der Waals surface area contributed by atoms with E-state index in [2.05, 4.69) is 11.4 Å². The molecule has 2 unspecified atom stereocenters. The van der Waals surface area contributed by atoms with Crippen molar-refractivity contribution >= 4 is 15.7 Å². The molecule has 114 valence electrons. The second-order valence-corrected chi connectivity index (χ2v) is 8.39. The highest BCUT2D eigenvalue weighted by Crippen LogP contribution is 2.31. The van der Waals surface area contributed by atoms with Gasteiger partial charge in [0.1, 0.15) is 0 Å². The Bertz CT molecular complexity index is 639. The van der Waals surface area contributed by atoms with Crippen LogP contribution >= 0.6 is 0 Å². The quantitative estimate of drug-likeness (QED) is 0.923. The van der Waals surface area contributed by atoms with Crippen molar-refractivity contribution in [2.75, 3.05) is 18.1 Å². The molecule has 0 radical (unpaired) electrons. The monoisotopic (exact) mass is 307 g/mol. The zero-order chi connectivity index (χ0) is 14.9. The van der Waals surface area contributed by atoms with Gasteiger partial charge < -0.3 is 5.32 Å². The number of carbonyl (C=O) groups excluding carboxylic acids is 1. The van der Waals surface area contributed by atoms with Gasteiger partial charge in [0.25, 0.3) is 0 Å². The van der Waals surface area contributed by atoms with Gasteiger partial charge in [-0.05, 0) is 42.7 Å². The zero-order valence-corrected chi connectivity index (χ0v) is 12.9.